The lowest BCUT2D eigenvalue weighted by atomic mass is 10.1. The third-order valence-electron chi connectivity index (χ3n) is 5.11. The number of halogens is 1. The van der Waals surface area contributed by atoms with E-state index in [0.717, 1.165) is 9.26 Å². The van der Waals surface area contributed by atoms with Crippen LogP contribution in [0, 0.1) is 3.57 Å². The summed E-state index contributed by atoms with van der Waals surface area (Å²) in [4.78, 5) is 39.8. The van der Waals surface area contributed by atoms with E-state index in [-0.39, 0.29) is 23.1 Å². The molecule has 2 N–H and O–H groups in total. The number of hydrogen-bond acceptors (Lipinski definition) is 4. The van der Waals surface area contributed by atoms with Crippen molar-refractivity contribution >= 4 is 51.7 Å². The van der Waals surface area contributed by atoms with Crippen LogP contribution in [-0.4, -0.2) is 36.9 Å². The molecule has 3 aromatic carbocycles. The van der Waals surface area contributed by atoms with Crippen LogP contribution in [0.25, 0.3) is 0 Å². The maximum Gasteiger partial charge on any atom is 0.265 e. The normalized spacial score (nSPS) is 12.2. The molecule has 0 saturated carbocycles. The Labute approximate surface area is 212 Å². The Morgan fingerprint density at radius 3 is 2.18 bits per heavy atom. The first-order valence-corrected chi connectivity index (χ1v) is 11.8. The van der Waals surface area contributed by atoms with Crippen LogP contribution in [0.3, 0.4) is 0 Å². The van der Waals surface area contributed by atoms with E-state index in [1.165, 1.54) is 4.90 Å². The van der Waals surface area contributed by atoms with Crippen LogP contribution in [0.5, 0.6) is 5.75 Å². The van der Waals surface area contributed by atoms with Crippen molar-refractivity contribution in [1.82, 2.24) is 5.32 Å². The molecule has 0 aromatic heterocycles. The second-order valence-electron chi connectivity index (χ2n) is 7.68. The van der Waals surface area contributed by atoms with Gasteiger partial charge in [0.2, 0.25) is 5.91 Å². The molecule has 3 aromatic rings. The average Bonchev–Trinajstić information content (AvgIpc) is 2.85. The number of carbonyl (C=O) groups excluding carboxylic acids is 3. The van der Waals surface area contributed by atoms with Crippen LogP contribution < -0.4 is 20.3 Å². The lowest BCUT2D eigenvalue weighted by Gasteiger charge is -2.23. The fraction of sp³-hybridized carbons (Fsp3) is 0.192. The summed E-state index contributed by atoms with van der Waals surface area (Å²) < 4.78 is 6.87. The van der Waals surface area contributed by atoms with Gasteiger partial charge >= 0.3 is 0 Å². The molecule has 0 fully saturated rings. The van der Waals surface area contributed by atoms with Crippen molar-refractivity contribution in [3.05, 3.63) is 88.0 Å². The van der Waals surface area contributed by atoms with Gasteiger partial charge in [0.1, 0.15) is 11.8 Å². The number of anilines is 2. The van der Waals surface area contributed by atoms with E-state index in [1.54, 1.807) is 57.3 Å². The summed E-state index contributed by atoms with van der Waals surface area (Å²) in [5.41, 5.74) is 1.62. The topological polar surface area (TPSA) is 87.7 Å². The van der Waals surface area contributed by atoms with Gasteiger partial charge in [-0.25, -0.2) is 0 Å². The first-order valence-electron chi connectivity index (χ1n) is 10.7. The molecule has 34 heavy (non-hydrogen) atoms. The van der Waals surface area contributed by atoms with Gasteiger partial charge in [0.15, 0.2) is 6.10 Å². The summed E-state index contributed by atoms with van der Waals surface area (Å²) in [5.74, 6) is -0.822. The lowest BCUT2D eigenvalue weighted by molar-refractivity contribution is -0.122. The third-order valence-corrected chi connectivity index (χ3v) is 5.83. The number of rotatable bonds is 8. The summed E-state index contributed by atoms with van der Waals surface area (Å²) in [6.07, 6.45) is -0.850. The number of nitrogens with one attached hydrogen (secondary N) is 2. The zero-order valence-corrected chi connectivity index (χ0v) is 21.3. The Kier molecular flexibility index (Phi) is 8.64. The van der Waals surface area contributed by atoms with Crippen molar-refractivity contribution in [2.24, 2.45) is 0 Å². The Bertz CT molecular complexity index is 1150. The van der Waals surface area contributed by atoms with Crippen molar-refractivity contribution in [1.29, 1.82) is 0 Å². The van der Waals surface area contributed by atoms with Gasteiger partial charge in [-0.2, -0.15) is 0 Å². The smallest absolute Gasteiger partial charge is 0.265 e. The van der Waals surface area contributed by atoms with Crippen LogP contribution >= 0.6 is 22.6 Å². The van der Waals surface area contributed by atoms with Gasteiger partial charge in [-0.1, -0.05) is 30.3 Å². The maximum absolute atomic E-state index is 13.0. The van der Waals surface area contributed by atoms with Gasteiger partial charge in [-0.15, -0.1) is 0 Å². The second-order valence-corrected chi connectivity index (χ2v) is 8.93. The van der Waals surface area contributed by atoms with Crippen LogP contribution in [0.15, 0.2) is 78.9 Å². The first kappa shape index (κ1) is 25.2. The predicted octanol–water partition coefficient (Wildman–Crippen LogP) is 4.48. The quantitative estimate of drug-likeness (QED) is 0.391. The van der Waals surface area contributed by atoms with Gasteiger partial charge in [-0.3, -0.25) is 14.4 Å². The van der Waals surface area contributed by atoms with Crippen LogP contribution in [-0.2, 0) is 9.59 Å². The number of likely N-dealkylation sites (N-methyl/N-ethyl adjacent to an activating group) is 1. The monoisotopic (exact) mass is 571 g/mol. The predicted molar refractivity (Wildman–Crippen MR) is 141 cm³/mol. The van der Waals surface area contributed by atoms with E-state index in [4.69, 9.17) is 4.74 Å². The minimum Gasteiger partial charge on any atom is -0.480 e. The van der Waals surface area contributed by atoms with Crippen molar-refractivity contribution < 1.29 is 19.1 Å². The number of carbonyl (C=O) groups is 3. The zero-order chi connectivity index (χ0) is 24.7. The molecule has 0 aliphatic carbocycles. The van der Waals surface area contributed by atoms with Gasteiger partial charge in [0.05, 0.1) is 5.56 Å². The molecule has 0 spiro atoms. The van der Waals surface area contributed by atoms with Crippen LogP contribution in [0.2, 0.25) is 0 Å². The summed E-state index contributed by atoms with van der Waals surface area (Å²) in [7, 11) is 1.66. The molecule has 0 unspecified atom stereocenters. The summed E-state index contributed by atoms with van der Waals surface area (Å²) >= 11 is 2.19. The van der Waals surface area contributed by atoms with Gasteiger partial charge < -0.3 is 20.3 Å². The van der Waals surface area contributed by atoms with E-state index in [1.807, 2.05) is 42.5 Å². The Morgan fingerprint density at radius 1 is 0.882 bits per heavy atom. The molecule has 0 radical (unpaired) electrons. The van der Waals surface area contributed by atoms with Gasteiger partial charge in [-0.05, 0) is 85.0 Å². The van der Waals surface area contributed by atoms with E-state index in [0.29, 0.717) is 5.69 Å². The molecule has 7 nitrogen and oxygen atoms in total. The molecule has 3 rings (SSSR count). The average molecular weight is 571 g/mol. The number of amides is 3. The maximum atomic E-state index is 13.0. The Hall–Kier alpha value is -3.40. The number of hydrogen-bond donors (Lipinski definition) is 2. The standard InChI is InChI=1S/C26H26IN3O4/c1-17(26(33)30(3)21-9-5-4-6-10-21)28-25(32)22-11-7-8-12-23(22)34-18(2)24(31)29-20-15-13-19(27)14-16-20/h4-18H,1-3H3,(H,28,32)(H,29,31)/t17-,18-/m1/s1. The summed E-state index contributed by atoms with van der Waals surface area (Å²) in [6.45, 7) is 3.23. The van der Waals surface area contributed by atoms with E-state index >= 15 is 0 Å². The van der Waals surface area contributed by atoms with Crippen molar-refractivity contribution in [3.8, 4) is 5.75 Å². The molecular weight excluding hydrogens is 545 g/mol. The SMILES string of the molecule is C[C@@H](NC(=O)c1ccccc1O[C@H](C)C(=O)Nc1ccc(I)cc1)C(=O)N(C)c1ccccc1. The number of benzene rings is 3. The first-order chi connectivity index (χ1) is 16.3. The number of ether oxygens (including phenoxy) is 1. The second kappa shape index (κ2) is 11.6. The van der Waals surface area contributed by atoms with Crippen molar-refractivity contribution in [2.75, 3.05) is 17.3 Å². The third kappa shape index (κ3) is 6.57. The highest BCUT2D eigenvalue weighted by Crippen LogP contribution is 2.21. The molecule has 0 aliphatic heterocycles. The number of nitrogens with zero attached hydrogens (tertiary/aromatic N) is 1. The lowest BCUT2D eigenvalue weighted by Crippen LogP contribution is -2.45. The highest BCUT2D eigenvalue weighted by molar-refractivity contribution is 14.1. The Balaban J connectivity index is 1.65. The van der Waals surface area contributed by atoms with Crippen LogP contribution in [0.1, 0.15) is 24.2 Å². The zero-order valence-electron chi connectivity index (χ0n) is 19.1. The van der Waals surface area contributed by atoms with Crippen molar-refractivity contribution in [3.63, 3.8) is 0 Å². The van der Waals surface area contributed by atoms with E-state index < -0.39 is 18.1 Å². The van der Waals surface area contributed by atoms with Gasteiger partial charge in [0, 0.05) is 22.0 Å². The molecular formula is C26H26IN3O4. The minimum atomic E-state index is -0.850. The highest BCUT2D eigenvalue weighted by atomic mass is 127. The minimum absolute atomic E-state index is 0.235. The fourth-order valence-corrected chi connectivity index (χ4v) is 3.54. The van der Waals surface area contributed by atoms with Gasteiger partial charge in [0.25, 0.3) is 11.8 Å². The van der Waals surface area contributed by atoms with E-state index in [9.17, 15) is 14.4 Å². The molecule has 2 atom stereocenters. The molecule has 176 valence electrons. The fourth-order valence-electron chi connectivity index (χ4n) is 3.18. The van der Waals surface area contributed by atoms with Crippen molar-refractivity contribution in [2.45, 2.75) is 26.0 Å². The molecule has 3 amide bonds. The molecule has 0 bridgehead atoms. The highest BCUT2D eigenvalue weighted by Gasteiger charge is 2.24. The number of para-hydroxylation sites is 2. The Morgan fingerprint density at radius 2 is 1.50 bits per heavy atom. The molecule has 8 heteroatoms. The molecule has 0 heterocycles. The summed E-state index contributed by atoms with van der Waals surface area (Å²) in [6, 6.07) is 22.4. The van der Waals surface area contributed by atoms with Crippen LogP contribution in [0.4, 0.5) is 11.4 Å². The molecule has 0 saturated heterocycles. The summed E-state index contributed by atoms with van der Waals surface area (Å²) in [5, 5.41) is 5.52. The largest absolute Gasteiger partial charge is 0.480 e. The molecule has 0 aliphatic rings. The van der Waals surface area contributed by atoms with E-state index in [2.05, 4.69) is 33.2 Å².